The largest absolute Gasteiger partial charge is 0.390 e. The Kier molecular flexibility index (Phi) is 3.89. The first kappa shape index (κ1) is 15.3. The van der Waals surface area contributed by atoms with Crippen LogP contribution in [-0.2, 0) is 6.42 Å². The number of halogens is 2. The molecule has 1 amide bonds. The number of aryl methyl sites for hydroxylation is 1. The first-order valence-electron chi connectivity index (χ1n) is 6.83. The van der Waals surface area contributed by atoms with Gasteiger partial charge in [0.2, 0.25) is 0 Å². The van der Waals surface area contributed by atoms with Gasteiger partial charge in [0.1, 0.15) is 5.69 Å². The molecule has 7 heteroatoms. The van der Waals surface area contributed by atoms with E-state index >= 15 is 0 Å². The van der Waals surface area contributed by atoms with Crippen molar-refractivity contribution >= 4 is 29.1 Å². The van der Waals surface area contributed by atoms with Crippen LogP contribution in [0.25, 0.3) is 0 Å². The van der Waals surface area contributed by atoms with Crippen molar-refractivity contribution in [3.8, 4) is 0 Å². The zero-order chi connectivity index (χ0) is 16.0. The molecule has 5 nitrogen and oxygen atoms in total. The van der Waals surface area contributed by atoms with Gasteiger partial charge in [-0.25, -0.2) is 0 Å². The minimum Gasteiger partial charge on any atom is -0.390 e. The highest BCUT2D eigenvalue weighted by Crippen LogP contribution is 2.41. The number of aliphatic hydroxyl groups excluding tert-OH is 1. The van der Waals surface area contributed by atoms with Crippen LogP contribution in [-0.4, -0.2) is 39.3 Å². The Morgan fingerprint density at radius 2 is 2.14 bits per heavy atom. The van der Waals surface area contributed by atoms with E-state index < -0.39 is 12.1 Å². The second kappa shape index (κ2) is 5.57. The van der Waals surface area contributed by atoms with Crippen molar-refractivity contribution in [1.29, 1.82) is 0 Å². The summed E-state index contributed by atoms with van der Waals surface area (Å²) in [5.74, 6) is -0.266. The summed E-state index contributed by atoms with van der Waals surface area (Å²) in [6.07, 6.45) is -0.326. The first-order chi connectivity index (χ1) is 10.4. The number of aromatic amines is 1. The molecule has 0 fully saturated rings. The van der Waals surface area contributed by atoms with Crippen molar-refractivity contribution in [3.63, 3.8) is 0 Å². The van der Waals surface area contributed by atoms with E-state index in [0.717, 1.165) is 16.8 Å². The average Bonchev–Trinajstić information content (AvgIpc) is 3.01. The molecule has 1 aromatic heterocycles. The summed E-state index contributed by atoms with van der Waals surface area (Å²) in [6, 6.07) is 4.58. The number of amides is 1. The van der Waals surface area contributed by atoms with Gasteiger partial charge in [-0.3, -0.25) is 9.89 Å². The lowest BCUT2D eigenvalue weighted by molar-refractivity contribution is 0.0492. The molecule has 0 radical (unpaired) electrons. The van der Waals surface area contributed by atoms with Crippen LogP contribution in [0.5, 0.6) is 0 Å². The Morgan fingerprint density at radius 1 is 1.41 bits per heavy atom. The third-order valence-corrected chi connectivity index (χ3v) is 4.51. The van der Waals surface area contributed by atoms with Gasteiger partial charge in [0.15, 0.2) is 0 Å². The summed E-state index contributed by atoms with van der Waals surface area (Å²) in [6.45, 7) is 1.82. The molecule has 0 spiro atoms. The number of hydrogen-bond acceptors (Lipinski definition) is 3. The fraction of sp³-hybridized carbons (Fsp3) is 0.333. The molecule has 1 heterocycles. The van der Waals surface area contributed by atoms with Crippen LogP contribution in [0.3, 0.4) is 0 Å². The third-order valence-electron chi connectivity index (χ3n) is 3.95. The zero-order valence-electron chi connectivity index (χ0n) is 12.1. The van der Waals surface area contributed by atoms with Crippen LogP contribution in [0.15, 0.2) is 18.2 Å². The Morgan fingerprint density at radius 3 is 2.77 bits per heavy atom. The van der Waals surface area contributed by atoms with Crippen LogP contribution in [0.2, 0.25) is 10.0 Å². The number of nitrogens with one attached hydrogen (secondary N) is 1. The van der Waals surface area contributed by atoms with E-state index in [2.05, 4.69) is 10.2 Å². The number of nitrogens with zero attached hydrogens (tertiary/aromatic N) is 2. The van der Waals surface area contributed by atoms with Crippen LogP contribution in [0.1, 0.15) is 33.4 Å². The summed E-state index contributed by atoms with van der Waals surface area (Å²) in [5, 5.41) is 18.1. The summed E-state index contributed by atoms with van der Waals surface area (Å²) in [4.78, 5) is 14.0. The van der Waals surface area contributed by atoms with Gasteiger partial charge in [0.05, 0.1) is 12.1 Å². The van der Waals surface area contributed by atoms with E-state index in [1.807, 2.05) is 6.92 Å². The fourth-order valence-corrected chi connectivity index (χ4v) is 3.52. The second-order valence-electron chi connectivity index (χ2n) is 5.52. The van der Waals surface area contributed by atoms with Crippen molar-refractivity contribution < 1.29 is 9.90 Å². The van der Waals surface area contributed by atoms with Gasteiger partial charge in [-0.1, -0.05) is 23.2 Å². The molecular formula is C15H15Cl2N3O2. The number of rotatable bonds is 2. The summed E-state index contributed by atoms with van der Waals surface area (Å²) in [5.41, 5.74) is 2.73. The Balaban J connectivity index is 1.97. The maximum absolute atomic E-state index is 12.5. The number of benzene rings is 1. The quantitative estimate of drug-likeness (QED) is 0.883. The average molecular weight is 340 g/mol. The fourth-order valence-electron chi connectivity index (χ4n) is 2.93. The maximum Gasteiger partial charge on any atom is 0.274 e. The van der Waals surface area contributed by atoms with Crippen LogP contribution < -0.4 is 0 Å². The molecule has 2 atom stereocenters. The molecule has 22 heavy (non-hydrogen) atoms. The molecule has 2 N–H and O–H groups in total. The molecule has 1 aromatic carbocycles. The lowest BCUT2D eigenvalue weighted by Crippen LogP contribution is -2.36. The van der Waals surface area contributed by atoms with E-state index in [9.17, 15) is 9.90 Å². The number of likely N-dealkylation sites (N-methyl/N-ethyl adjacent to an activating group) is 1. The number of hydrogen-bond donors (Lipinski definition) is 2. The van der Waals surface area contributed by atoms with Gasteiger partial charge >= 0.3 is 0 Å². The van der Waals surface area contributed by atoms with Gasteiger partial charge in [-0.15, -0.1) is 0 Å². The highest BCUT2D eigenvalue weighted by Gasteiger charge is 2.38. The van der Waals surface area contributed by atoms with Crippen molar-refractivity contribution in [3.05, 3.63) is 50.8 Å². The van der Waals surface area contributed by atoms with E-state index in [-0.39, 0.29) is 5.91 Å². The highest BCUT2D eigenvalue weighted by atomic mass is 35.5. The van der Waals surface area contributed by atoms with E-state index in [4.69, 9.17) is 23.2 Å². The minimum absolute atomic E-state index is 0.266. The monoisotopic (exact) mass is 339 g/mol. The van der Waals surface area contributed by atoms with Gasteiger partial charge in [0, 0.05) is 29.2 Å². The summed E-state index contributed by atoms with van der Waals surface area (Å²) < 4.78 is 0. The Bertz CT molecular complexity index is 744. The molecule has 1 aliphatic carbocycles. The predicted molar refractivity (Wildman–Crippen MR) is 84.3 cm³/mol. The van der Waals surface area contributed by atoms with Gasteiger partial charge in [0.25, 0.3) is 5.91 Å². The van der Waals surface area contributed by atoms with Crippen LogP contribution in [0, 0.1) is 6.92 Å². The molecule has 116 valence electrons. The minimum atomic E-state index is -0.722. The predicted octanol–water partition coefficient (Wildman–Crippen LogP) is 2.76. The number of carbonyl (C=O) groups is 1. The zero-order valence-corrected chi connectivity index (χ0v) is 13.6. The third kappa shape index (κ3) is 2.49. The lowest BCUT2D eigenvalue weighted by Gasteiger charge is -2.27. The summed E-state index contributed by atoms with van der Waals surface area (Å²) >= 11 is 12.3. The first-order valence-corrected chi connectivity index (χ1v) is 7.59. The molecule has 0 bridgehead atoms. The van der Waals surface area contributed by atoms with Crippen molar-refractivity contribution in [2.24, 2.45) is 0 Å². The van der Waals surface area contributed by atoms with Crippen molar-refractivity contribution in [2.75, 3.05) is 7.05 Å². The Labute approximate surface area is 137 Å². The van der Waals surface area contributed by atoms with Crippen molar-refractivity contribution in [1.82, 2.24) is 15.1 Å². The molecule has 1 aliphatic rings. The molecule has 2 aromatic rings. The summed E-state index contributed by atoms with van der Waals surface area (Å²) in [7, 11) is 1.64. The standard InChI is InChI=1S/C15H15Cl2N3O2/c1-7-3-12(19-18-7)15(22)20(2)14-10-4-8(16)5-11(17)9(10)6-13(14)21/h3-5,13-14,21H,6H2,1-2H3,(H,18,19)/t13-,14+/m1/s1. The number of H-pyrrole nitrogens is 1. The van der Waals surface area contributed by atoms with E-state index in [1.165, 1.54) is 4.90 Å². The number of aliphatic hydroxyl groups is 1. The van der Waals surface area contributed by atoms with Gasteiger partial charge < -0.3 is 10.0 Å². The molecule has 0 saturated heterocycles. The molecule has 0 saturated carbocycles. The Hall–Kier alpha value is -1.56. The molecule has 0 unspecified atom stereocenters. The smallest absolute Gasteiger partial charge is 0.274 e. The van der Waals surface area contributed by atoms with Crippen LogP contribution >= 0.6 is 23.2 Å². The second-order valence-corrected chi connectivity index (χ2v) is 6.37. The topological polar surface area (TPSA) is 69.2 Å². The number of fused-ring (bicyclic) bond motifs is 1. The van der Waals surface area contributed by atoms with Gasteiger partial charge in [-0.05, 0) is 36.2 Å². The molecule has 0 aliphatic heterocycles. The molecule has 3 rings (SSSR count). The maximum atomic E-state index is 12.5. The van der Waals surface area contributed by atoms with E-state index in [1.54, 1.807) is 25.2 Å². The normalized spacial score (nSPS) is 20.0. The van der Waals surface area contributed by atoms with Crippen molar-refractivity contribution in [2.45, 2.75) is 25.5 Å². The van der Waals surface area contributed by atoms with Crippen LogP contribution in [0.4, 0.5) is 0 Å². The number of carbonyl (C=O) groups excluding carboxylic acids is 1. The van der Waals surface area contributed by atoms with Gasteiger partial charge in [-0.2, -0.15) is 5.10 Å². The number of aromatic nitrogens is 2. The van der Waals surface area contributed by atoms with E-state index in [0.29, 0.717) is 22.2 Å². The SMILES string of the molecule is Cc1cc(C(=O)N(C)[C@H]2c3cc(Cl)cc(Cl)c3C[C@H]2O)n[nH]1. The highest BCUT2D eigenvalue weighted by molar-refractivity contribution is 6.35. The lowest BCUT2D eigenvalue weighted by atomic mass is 10.1. The molecular weight excluding hydrogens is 325 g/mol.